The molecule has 2 aromatic rings. The van der Waals surface area contributed by atoms with Gasteiger partial charge in [0, 0.05) is 5.56 Å². The average Bonchev–Trinajstić information content (AvgIpc) is 2.59. The van der Waals surface area contributed by atoms with E-state index in [1.54, 1.807) is 38.5 Å². The molecule has 0 aliphatic rings. The molecule has 2 atom stereocenters. The number of Topliss-reactive ketones (excluding diaryl/α,β-unsaturated/α-hetero) is 1. The van der Waals surface area contributed by atoms with Crippen molar-refractivity contribution in [2.24, 2.45) is 0 Å². The van der Waals surface area contributed by atoms with E-state index in [-0.39, 0.29) is 15.4 Å². The van der Waals surface area contributed by atoms with Crippen LogP contribution in [0, 0.1) is 6.92 Å². The monoisotopic (exact) mass is 440 g/mol. The first-order valence-corrected chi connectivity index (χ1v) is 8.92. The highest BCUT2D eigenvalue weighted by molar-refractivity contribution is 9.12. The lowest BCUT2D eigenvalue weighted by Crippen LogP contribution is -2.19. The molecule has 122 valence electrons. The first-order chi connectivity index (χ1) is 11.0. The second-order valence-corrected chi connectivity index (χ2v) is 7.09. The van der Waals surface area contributed by atoms with Crippen molar-refractivity contribution >= 4 is 37.6 Å². The summed E-state index contributed by atoms with van der Waals surface area (Å²) < 4.78 is 10.3. The Balaban J connectivity index is 2.20. The van der Waals surface area contributed by atoms with E-state index in [1.807, 2.05) is 25.1 Å². The van der Waals surface area contributed by atoms with Crippen molar-refractivity contribution in [2.75, 3.05) is 14.2 Å². The largest absolute Gasteiger partial charge is 0.497 e. The van der Waals surface area contributed by atoms with Gasteiger partial charge in [0.05, 0.1) is 23.9 Å². The van der Waals surface area contributed by atoms with Crippen molar-refractivity contribution in [3.63, 3.8) is 0 Å². The highest BCUT2D eigenvalue weighted by Gasteiger charge is 2.27. The zero-order valence-corrected chi connectivity index (χ0v) is 16.3. The highest BCUT2D eigenvalue weighted by atomic mass is 79.9. The third-order valence-electron chi connectivity index (χ3n) is 3.66. The van der Waals surface area contributed by atoms with Crippen molar-refractivity contribution < 1.29 is 14.3 Å². The summed E-state index contributed by atoms with van der Waals surface area (Å²) in [5.74, 6) is 1.55. The molecule has 5 heteroatoms. The lowest BCUT2D eigenvalue weighted by molar-refractivity contribution is 0.0991. The van der Waals surface area contributed by atoms with Gasteiger partial charge in [-0.2, -0.15) is 0 Å². The number of methoxy groups -OCH3 is 2. The SMILES string of the molecule is COc1ccc(C(=O)C(Br)C(Br)c2ccc(OC)cc2C)cc1. The summed E-state index contributed by atoms with van der Waals surface area (Å²) in [6.45, 7) is 2.00. The van der Waals surface area contributed by atoms with E-state index >= 15 is 0 Å². The van der Waals surface area contributed by atoms with Gasteiger partial charge in [-0.05, 0) is 54.4 Å². The van der Waals surface area contributed by atoms with Gasteiger partial charge in [0.2, 0.25) is 0 Å². The number of rotatable bonds is 6. The second-order valence-electron chi connectivity index (χ2n) is 5.12. The average molecular weight is 442 g/mol. The topological polar surface area (TPSA) is 35.5 Å². The van der Waals surface area contributed by atoms with Crippen LogP contribution in [0.2, 0.25) is 0 Å². The van der Waals surface area contributed by atoms with Crippen molar-refractivity contribution in [3.8, 4) is 11.5 Å². The molecule has 0 amide bonds. The Labute approximate surface area is 153 Å². The van der Waals surface area contributed by atoms with E-state index in [0.717, 1.165) is 22.6 Å². The fourth-order valence-electron chi connectivity index (χ4n) is 2.29. The maximum absolute atomic E-state index is 12.7. The zero-order valence-electron chi connectivity index (χ0n) is 13.2. The molecule has 0 saturated heterocycles. The minimum Gasteiger partial charge on any atom is -0.497 e. The van der Waals surface area contributed by atoms with Crippen LogP contribution >= 0.6 is 31.9 Å². The number of carbonyl (C=O) groups is 1. The Kier molecular flexibility index (Phi) is 6.25. The predicted molar refractivity (Wildman–Crippen MR) is 99.4 cm³/mol. The van der Waals surface area contributed by atoms with Gasteiger partial charge in [-0.3, -0.25) is 4.79 Å². The van der Waals surface area contributed by atoms with Crippen LogP contribution in [0.15, 0.2) is 42.5 Å². The Morgan fingerprint density at radius 2 is 1.52 bits per heavy atom. The van der Waals surface area contributed by atoms with Crippen LogP contribution in [0.1, 0.15) is 26.3 Å². The summed E-state index contributed by atoms with van der Waals surface area (Å²) in [5.41, 5.74) is 2.76. The van der Waals surface area contributed by atoms with Crippen LogP contribution in [-0.4, -0.2) is 24.8 Å². The fourth-order valence-corrected chi connectivity index (χ4v) is 3.59. The lowest BCUT2D eigenvalue weighted by Gasteiger charge is -2.19. The molecule has 0 bridgehead atoms. The molecule has 0 saturated carbocycles. The predicted octanol–water partition coefficient (Wildman–Crippen LogP) is 5.09. The van der Waals surface area contributed by atoms with Gasteiger partial charge in [-0.1, -0.05) is 37.9 Å². The van der Waals surface area contributed by atoms with Crippen LogP contribution in [0.5, 0.6) is 11.5 Å². The molecular weight excluding hydrogens is 424 g/mol. The second kappa shape index (κ2) is 7.97. The molecule has 2 rings (SSSR count). The summed E-state index contributed by atoms with van der Waals surface area (Å²) in [6.07, 6.45) is 0. The van der Waals surface area contributed by atoms with Gasteiger partial charge >= 0.3 is 0 Å². The number of alkyl halides is 2. The minimum atomic E-state index is -0.372. The summed E-state index contributed by atoms with van der Waals surface area (Å²) in [4.78, 5) is 12.1. The number of aryl methyl sites for hydroxylation is 1. The van der Waals surface area contributed by atoms with Crippen LogP contribution in [0.3, 0.4) is 0 Å². The summed E-state index contributed by atoms with van der Waals surface area (Å²) in [6, 6.07) is 13.0. The van der Waals surface area contributed by atoms with Gasteiger partial charge in [0.25, 0.3) is 0 Å². The third kappa shape index (κ3) is 4.15. The molecule has 23 heavy (non-hydrogen) atoms. The standard InChI is InChI=1S/C18H18Br2O3/c1-11-10-14(23-3)8-9-15(11)16(19)17(20)18(21)12-4-6-13(22-2)7-5-12/h4-10,16-17H,1-3H3. The van der Waals surface area contributed by atoms with Gasteiger partial charge in [-0.25, -0.2) is 0 Å². The Bertz CT molecular complexity index is 683. The highest BCUT2D eigenvalue weighted by Crippen LogP contribution is 2.36. The third-order valence-corrected chi connectivity index (χ3v) is 6.33. The Hall–Kier alpha value is -1.33. The number of benzene rings is 2. The van der Waals surface area contributed by atoms with E-state index in [0.29, 0.717) is 5.56 Å². The number of hydrogen-bond acceptors (Lipinski definition) is 3. The molecule has 0 aromatic heterocycles. The molecule has 2 unspecified atom stereocenters. The van der Waals surface area contributed by atoms with Crippen LogP contribution in [0.25, 0.3) is 0 Å². The van der Waals surface area contributed by atoms with E-state index < -0.39 is 0 Å². The van der Waals surface area contributed by atoms with E-state index in [4.69, 9.17) is 9.47 Å². The molecule has 0 fully saturated rings. The smallest absolute Gasteiger partial charge is 0.177 e. The van der Waals surface area contributed by atoms with Gasteiger partial charge in [0.1, 0.15) is 11.5 Å². The molecule has 2 aromatic carbocycles. The molecular formula is C18H18Br2O3. The molecule has 3 nitrogen and oxygen atoms in total. The summed E-state index contributed by atoms with van der Waals surface area (Å²) >= 11 is 7.17. The van der Waals surface area contributed by atoms with E-state index in [9.17, 15) is 4.79 Å². The van der Waals surface area contributed by atoms with Crippen LogP contribution in [-0.2, 0) is 0 Å². The molecule has 0 N–H and O–H groups in total. The molecule has 0 radical (unpaired) electrons. The number of carbonyl (C=O) groups excluding carboxylic acids is 1. The van der Waals surface area contributed by atoms with Gasteiger partial charge < -0.3 is 9.47 Å². The summed E-state index contributed by atoms with van der Waals surface area (Å²) in [7, 11) is 3.24. The number of halogens is 2. The number of ketones is 1. The first-order valence-electron chi connectivity index (χ1n) is 7.09. The fraction of sp³-hybridized carbons (Fsp3) is 0.278. The molecule has 0 heterocycles. The molecule has 0 spiro atoms. The van der Waals surface area contributed by atoms with Crippen LogP contribution in [0.4, 0.5) is 0 Å². The maximum Gasteiger partial charge on any atom is 0.177 e. The first kappa shape index (κ1) is 18.0. The Morgan fingerprint density at radius 1 is 0.957 bits per heavy atom. The molecule has 0 aliphatic carbocycles. The molecule has 0 aliphatic heterocycles. The van der Waals surface area contributed by atoms with Gasteiger partial charge in [0.15, 0.2) is 5.78 Å². The van der Waals surface area contributed by atoms with Crippen molar-refractivity contribution in [2.45, 2.75) is 16.6 Å². The minimum absolute atomic E-state index is 0.0183. The van der Waals surface area contributed by atoms with E-state index in [2.05, 4.69) is 31.9 Å². The van der Waals surface area contributed by atoms with Crippen molar-refractivity contribution in [1.29, 1.82) is 0 Å². The quantitative estimate of drug-likeness (QED) is 0.462. The maximum atomic E-state index is 12.7. The van der Waals surface area contributed by atoms with Crippen molar-refractivity contribution in [1.82, 2.24) is 0 Å². The van der Waals surface area contributed by atoms with Gasteiger partial charge in [-0.15, -0.1) is 0 Å². The lowest BCUT2D eigenvalue weighted by atomic mass is 9.99. The normalized spacial score (nSPS) is 13.3. The van der Waals surface area contributed by atoms with E-state index in [1.165, 1.54) is 0 Å². The van der Waals surface area contributed by atoms with Crippen LogP contribution < -0.4 is 9.47 Å². The number of hydrogen-bond donors (Lipinski definition) is 0. The number of ether oxygens (including phenoxy) is 2. The van der Waals surface area contributed by atoms with Crippen molar-refractivity contribution in [3.05, 3.63) is 59.2 Å². The zero-order chi connectivity index (χ0) is 17.0. The Morgan fingerprint density at radius 3 is 2.04 bits per heavy atom. The summed E-state index contributed by atoms with van der Waals surface area (Å²) in [5, 5.41) is 0.